The van der Waals surface area contributed by atoms with Crippen molar-refractivity contribution in [2.45, 2.75) is 121 Å². The number of hydrogen-bond donors (Lipinski definition) is 2. The lowest BCUT2D eigenvalue weighted by molar-refractivity contribution is -0.137. The van der Waals surface area contributed by atoms with Gasteiger partial charge in [0.25, 0.3) is 0 Å². The Labute approximate surface area is 251 Å². The molecule has 2 heterocycles. The monoisotopic (exact) mass is 590 g/mol. The van der Waals surface area contributed by atoms with Crippen LogP contribution in [0.25, 0.3) is 0 Å². The lowest BCUT2D eigenvalue weighted by Gasteiger charge is -2.30. The topological polar surface area (TPSA) is 72.0 Å². The standard InChI is InChI=1S/C33H53F3N6/c1-2-3-4-5-10-20-42-30(23-26-13-7-6-8-14-26)25-40(32(42)38)19-11-9-17-29-24-39-31(37)41(29)21-18-27-15-12-16-28(22-27)33(34,35)36/h12,15-16,22,26,29-30,38H,2-11,13-14,17-21,23-25H2,1H3,(H2,37,39)/t29-,30-/m0/s1. The van der Waals surface area contributed by atoms with Crippen LogP contribution in [0.2, 0.25) is 0 Å². The first kappa shape index (κ1) is 32.5. The number of nitrogens with one attached hydrogen (secondary N) is 1. The summed E-state index contributed by atoms with van der Waals surface area (Å²) in [6, 6.07) is 6.23. The number of rotatable bonds is 16. The van der Waals surface area contributed by atoms with Crippen molar-refractivity contribution < 1.29 is 13.2 Å². The Balaban J connectivity index is 1.23. The fourth-order valence-electron chi connectivity index (χ4n) is 7.13. The number of nitrogens with two attached hydrogens (primary N) is 1. The van der Waals surface area contributed by atoms with E-state index < -0.39 is 11.7 Å². The van der Waals surface area contributed by atoms with Crippen LogP contribution in [0.1, 0.15) is 108 Å². The first-order chi connectivity index (χ1) is 20.3. The van der Waals surface area contributed by atoms with Crippen molar-refractivity contribution in [3.8, 4) is 0 Å². The summed E-state index contributed by atoms with van der Waals surface area (Å²) in [5.41, 5.74) is 6.24. The minimum atomic E-state index is -4.33. The van der Waals surface area contributed by atoms with Crippen LogP contribution in [0, 0.1) is 11.3 Å². The van der Waals surface area contributed by atoms with Crippen LogP contribution in [0.15, 0.2) is 29.3 Å². The number of aliphatic imine (C=N–C) groups is 1. The molecular weight excluding hydrogens is 537 g/mol. The number of benzene rings is 1. The molecule has 236 valence electrons. The smallest absolute Gasteiger partial charge is 0.370 e. The highest BCUT2D eigenvalue weighted by Crippen LogP contribution is 2.32. The Bertz CT molecular complexity index is 1010. The molecule has 1 saturated carbocycles. The summed E-state index contributed by atoms with van der Waals surface area (Å²) in [5.74, 6) is 2.03. The van der Waals surface area contributed by atoms with E-state index in [1.165, 1.54) is 82.8 Å². The molecule has 0 unspecified atom stereocenters. The summed E-state index contributed by atoms with van der Waals surface area (Å²) in [6.07, 6.45) is 13.5. The van der Waals surface area contributed by atoms with Gasteiger partial charge in [-0.1, -0.05) is 82.9 Å². The molecule has 0 radical (unpaired) electrons. The molecule has 0 aromatic heterocycles. The summed E-state index contributed by atoms with van der Waals surface area (Å²) in [4.78, 5) is 11.2. The van der Waals surface area contributed by atoms with Gasteiger partial charge in [-0.15, -0.1) is 0 Å². The van der Waals surface area contributed by atoms with Gasteiger partial charge in [0.15, 0.2) is 11.9 Å². The average Bonchev–Trinajstić information content (AvgIpc) is 3.47. The van der Waals surface area contributed by atoms with Crippen LogP contribution in [-0.2, 0) is 12.6 Å². The molecule has 3 aliphatic rings. The van der Waals surface area contributed by atoms with Gasteiger partial charge in [0.2, 0.25) is 0 Å². The number of unbranched alkanes of at least 4 members (excludes halogenated alkanes) is 5. The van der Waals surface area contributed by atoms with E-state index in [0.29, 0.717) is 37.1 Å². The zero-order chi connectivity index (χ0) is 30.0. The Hall–Kier alpha value is -2.45. The lowest BCUT2D eigenvalue weighted by Crippen LogP contribution is -2.42. The third-order valence-electron chi connectivity index (χ3n) is 9.59. The van der Waals surface area contributed by atoms with E-state index in [1.54, 1.807) is 6.07 Å². The molecule has 1 aromatic carbocycles. The second kappa shape index (κ2) is 15.9. The molecular formula is C33H53F3N6. The van der Waals surface area contributed by atoms with Gasteiger partial charge in [-0.05, 0) is 56.1 Å². The summed E-state index contributed by atoms with van der Waals surface area (Å²) in [7, 11) is 0. The highest BCUT2D eigenvalue weighted by atomic mass is 19.4. The molecule has 0 spiro atoms. The van der Waals surface area contributed by atoms with E-state index in [-0.39, 0.29) is 6.04 Å². The highest BCUT2D eigenvalue weighted by Gasteiger charge is 2.35. The van der Waals surface area contributed by atoms with Gasteiger partial charge < -0.3 is 20.4 Å². The first-order valence-corrected chi connectivity index (χ1v) is 16.6. The fourth-order valence-corrected chi connectivity index (χ4v) is 7.13. The van der Waals surface area contributed by atoms with Crippen LogP contribution in [0.3, 0.4) is 0 Å². The van der Waals surface area contributed by atoms with E-state index in [4.69, 9.17) is 11.1 Å². The molecule has 6 nitrogen and oxygen atoms in total. The van der Waals surface area contributed by atoms with E-state index >= 15 is 0 Å². The van der Waals surface area contributed by atoms with Gasteiger partial charge in [0.05, 0.1) is 18.2 Å². The Kier molecular flexibility index (Phi) is 12.3. The van der Waals surface area contributed by atoms with Crippen LogP contribution in [0.4, 0.5) is 13.2 Å². The predicted octanol–water partition coefficient (Wildman–Crippen LogP) is 7.28. The molecule has 1 saturated heterocycles. The van der Waals surface area contributed by atoms with Gasteiger partial charge in [-0.25, -0.2) is 0 Å². The molecule has 1 aromatic rings. The second-order valence-electron chi connectivity index (χ2n) is 12.8. The van der Waals surface area contributed by atoms with Crippen LogP contribution >= 0.6 is 0 Å². The Morgan fingerprint density at radius 1 is 0.929 bits per heavy atom. The molecule has 3 N–H and O–H groups in total. The van der Waals surface area contributed by atoms with Gasteiger partial charge in [0.1, 0.15) is 0 Å². The minimum Gasteiger partial charge on any atom is -0.370 e. The largest absolute Gasteiger partial charge is 0.416 e. The minimum absolute atomic E-state index is 0.187. The molecule has 2 fully saturated rings. The van der Waals surface area contributed by atoms with Crippen molar-refractivity contribution >= 4 is 11.9 Å². The Morgan fingerprint density at radius 3 is 2.45 bits per heavy atom. The predicted molar refractivity (Wildman–Crippen MR) is 166 cm³/mol. The van der Waals surface area contributed by atoms with Crippen LogP contribution < -0.4 is 5.73 Å². The summed E-state index contributed by atoms with van der Waals surface area (Å²) < 4.78 is 39.4. The average molecular weight is 591 g/mol. The molecule has 42 heavy (non-hydrogen) atoms. The second-order valence-corrected chi connectivity index (χ2v) is 12.8. The van der Waals surface area contributed by atoms with Crippen molar-refractivity contribution in [3.63, 3.8) is 0 Å². The van der Waals surface area contributed by atoms with E-state index in [2.05, 4.69) is 26.6 Å². The van der Waals surface area contributed by atoms with Crippen molar-refractivity contribution in [1.29, 1.82) is 5.41 Å². The van der Waals surface area contributed by atoms with Crippen molar-refractivity contribution in [1.82, 2.24) is 14.7 Å². The maximum absolute atomic E-state index is 13.1. The maximum Gasteiger partial charge on any atom is 0.416 e. The van der Waals surface area contributed by atoms with Crippen LogP contribution in [0.5, 0.6) is 0 Å². The number of nitrogens with zero attached hydrogens (tertiary/aromatic N) is 4. The van der Waals surface area contributed by atoms with Gasteiger partial charge >= 0.3 is 6.18 Å². The number of alkyl halides is 3. The van der Waals surface area contributed by atoms with Crippen molar-refractivity contribution in [2.75, 3.05) is 32.7 Å². The molecule has 0 amide bonds. The molecule has 4 rings (SSSR count). The number of guanidine groups is 2. The number of halogens is 3. The fraction of sp³-hybridized carbons (Fsp3) is 0.758. The highest BCUT2D eigenvalue weighted by molar-refractivity contribution is 5.80. The normalized spacial score (nSPS) is 22.0. The summed E-state index contributed by atoms with van der Waals surface area (Å²) in [6.45, 7) is 6.35. The number of hydrogen-bond acceptors (Lipinski definition) is 4. The quantitative estimate of drug-likeness (QED) is 0.199. The maximum atomic E-state index is 13.1. The zero-order valence-electron chi connectivity index (χ0n) is 25.7. The Morgan fingerprint density at radius 2 is 1.69 bits per heavy atom. The molecule has 0 bridgehead atoms. The molecule has 9 heteroatoms. The third-order valence-corrected chi connectivity index (χ3v) is 9.59. The third kappa shape index (κ3) is 9.27. The lowest BCUT2D eigenvalue weighted by atomic mass is 9.84. The van der Waals surface area contributed by atoms with E-state index in [0.717, 1.165) is 56.8 Å². The van der Waals surface area contributed by atoms with E-state index in [1.807, 2.05) is 0 Å². The SMILES string of the molecule is CCCCCCCN1C(=N)N(CCCC[C@H]2CN=C(N)N2CCc2cccc(C(F)(F)F)c2)C[C@@H]1CC1CCCCC1. The summed E-state index contributed by atoms with van der Waals surface area (Å²) >= 11 is 0. The first-order valence-electron chi connectivity index (χ1n) is 16.6. The van der Waals surface area contributed by atoms with Crippen LogP contribution in [-0.4, -0.2) is 71.4 Å². The van der Waals surface area contributed by atoms with Crippen molar-refractivity contribution in [2.24, 2.45) is 16.6 Å². The van der Waals surface area contributed by atoms with Gasteiger partial charge in [0, 0.05) is 32.2 Å². The van der Waals surface area contributed by atoms with Crippen molar-refractivity contribution in [3.05, 3.63) is 35.4 Å². The zero-order valence-corrected chi connectivity index (χ0v) is 25.7. The summed E-state index contributed by atoms with van der Waals surface area (Å²) in [5, 5.41) is 9.02. The van der Waals surface area contributed by atoms with Gasteiger partial charge in [-0.2, -0.15) is 13.2 Å². The van der Waals surface area contributed by atoms with E-state index in [9.17, 15) is 13.2 Å². The molecule has 2 atom stereocenters. The molecule has 2 aliphatic heterocycles. The molecule has 1 aliphatic carbocycles. The van der Waals surface area contributed by atoms with Gasteiger partial charge in [-0.3, -0.25) is 10.4 Å².